The molecule has 2 unspecified atom stereocenters. The van der Waals surface area contributed by atoms with Crippen LogP contribution in [0.15, 0.2) is 48.6 Å². The fourth-order valence-electron chi connectivity index (χ4n) is 5.44. The third-order valence-corrected chi connectivity index (χ3v) is 9.22. The van der Waals surface area contributed by atoms with Gasteiger partial charge in [0.1, 0.15) is 6.54 Å². The molecule has 0 amide bonds. The number of nitrogens with zero attached hydrogens (tertiary/aromatic N) is 1. The largest absolute Gasteiger partial charge is 0.746 e. The van der Waals surface area contributed by atoms with Crippen LogP contribution in [0.4, 0.5) is 0 Å². The molecule has 284 valence electrons. The van der Waals surface area contributed by atoms with Gasteiger partial charge in [-0.3, -0.25) is 18.7 Å². The molecular weight excluding hydrogens is 633 g/mol. The number of allylic oxidation sites excluding steroid dienone is 8. The highest BCUT2D eigenvalue weighted by atomic mass is 31.2. The first-order chi connectivity index (χ1) is 23.5. The molecule has 0 aliphatic heterocycles. The summed E-state index contributed by atoms with van der Waals surface area (Å²) in [7, 11) is 0.628. The Kier molecular flexibility index (Phi) is 31.0. The maximum Gasteiger partial charge on any atom is 0.322 e. The number of quaternary nitrogens is 1. The van der Waals surface area contributed by atoms with Crippen molar-refractivity contribution in [1.29, 1.82) is 0 Å². The Hall–Kier alpha value is -1.79. The monoisotopic (exact) mass is 708 g/mol. The van der Waals surface area contributed by atoms with E-state index in [1.807, 2.05) is 33.3 Å². The van der Waals surface area contributed by atoms with Gasteiger partial charge in [0.2, 0.25) is 0 Å². The van der Waals surface area contributed by atoms with Gasteiger partial charge in [-0.1, -0.05) is 152 Å². The van der Waals surface area contributed by atoms with Crippen molar-refractivity contribution in [2.45, 2.75) is 174 Å². The molecule has 2 atom stereocenters. The van der Waals surface area contributed by atoms with Crippen LogP contribution in [0.25, 0.3) is 0 Å². The molecule has 49 heavy (non-hydrogen) atoms. The molecule has 0 aliphatic carbocycles. The summed E-state index contributed by atoms with van der Waals surface area (Å²) in [6, 6.07) is 0. The minimum absolute atomic E-state index is 0.0412. The quantitative estimate of drug-likeness (QED) is 0.0286. The number of hydrogen-bond donors (Lipinski definition) is 0. The summed E-state index contributed by atoms with van der Waals surface area (Å²) in [4.78, 5) is 37.8. The smallest absolute Gasteiger partial charge is 0.322 e. The second-order valence-electron chi connectivity index (χ2n) is 14.4. The predicted octanol–water partition coefficient (Wildman–Crippen LogP) is 11.3. The Labute approximate surface area is 301 Å². The van der Waals surface area contributed by atoms with E-state index in [1.165, 1.54) is 83.5 Å². The summed E-state index contributed by atoms with van der Waals surface area (Å²) in [5.74, 6) is -1.12. The maximum atomic E-state index is 13.0. The second-order valence-corrected chi connectivity index (χ2v) is 15.7. The topological polar surface area (TPSA) is 92.7 Å². The van der Waals surface area contributed by atoms with Gasteiger partial charge in [-0.05, 0) is 51.4 Å². The van der Waals surface area contributed by atoms with Crippen molar-refractivity contribution >= 4 is 19.6 Å². The normalized spacial score (nSPS) is 14.4. The molecule has 0 radical (unpaired) electrons. The van der Waals surface area contributed by atoms with E-state index >= 15 is 0 Å². The van der Waals surface area contributed by atoms with E-state index in [4.69, 9.17) is 9.05 Å². The van der Waals surface area contributed by atoms with Crippen molar-refractivity contribution < 1.29 is 32.6 Å². The number of ketones is 1. The van der Waals surface area contributed by atoms with Crippen LogP contribution in [0.5, 0.6) is 0 Å². The van der Waals surface area contributed by atoms with Gasteiger partial charge < -0.3 is 13.9 Å². The average Bonchev–Trinajstić information content (AvgIpc) is 3.03. The van der Waals surface area contributed by atoms with Crippen molar-refractivity contribution in [3.05, 3.63) is 48.6 Å². The number of unbranched alkanes of at least 4 members (excludes halogenated alkanes) is 16. The number of likely N-dealkylation sites (N-methyl/N-ethyl adjacent to an activating group) is 1. The molecule has 0 N–H and O–H groups in total. The van der Waals surface area contributed by atoms with E-state index < -0.39 is 19.9 Å². The number of carbonyl (C=O) groups excluding carboxylic acids is 2. The summed E-state index contributed by atoms with van der Waals surface area (Å²) in [5.41, 5.74) is 0. The zero-order valence-corrected chi connectivity index (χ0v) is 33.1. The average molecular weight is 708 g/mol. The molecule has 0 aromatic heterocycles. The summed E-state index contributed by atoms with van der Waals surface area (Å²) in [5, 5.41) is 0. The van der Waals surface area contributed by atoms with Crippen LogP contribution in [-0.2, 0) is 23.2 Å². The van der Waals surface area contributed by atoms with E-state index in [-0.39, 0.29) is 25.2 Å². The van der Waals surface area contributed by atoms with Crippen LogP contribution in [0.2, 0.25) is 0 Å². The third-order valence-electron chi connectivity index (χ3n) is 8.28. The molecule has 0 aliphatic rings. The number of hydrogen-bond acceptors (Lipinski definition) is 6. The molecule has 0 saturated heterocycles. The van der Waals surface area contributed by atoms with Crippen LogP contribution in [0.3, 0.4) is 0 Å². The highest BCUT2D eigenvalue weighted by Gasteiger charge is 2.31. The van der Waals surface area contributed by atoms with Crippen molar-refractivity contribution in [1.82, 2.24) is 0 Å². The second kappa shape index (κ2) is 32.1. The molecule has 0 spiro atoms. The number of Topliss-reactive ketones (excluding diaryl/α,β-unsaturated/α-hetero) is 1. The first-order valence-electron chi connectivity index (χ1n) is 19.7. The molecule has 8 heteroatoms. The molecule has 0 aromatic rings. The van der Waals surface area contributed by atoms with Crippen molar-refractivity contribution in [2.24, 2.45) is 0 Å². The Balaban J connectivity index is 4.27. The first-order valence-corrected chi connectivity index (χ1v) is 21.1. The number of phosphoric ester groups is 1. The van der Waals surface area contributed by atoms with Gasteiger partial charge in [-0.2, -0.15) is 0 Å². The SMILES string of the molecule is CCCCC/C=C\C/C=C\C/C=C\C/C=C\CCCC(=O)OP(=O)([O-])OC(C[N+](C)(C)C)C(=O)CCCCCCCCCCCCCCC. The first kappa shape index (κ1) is 47.2. The van der Waals surface area contributed by atoms with Gasteiger partial charge in [-0.15, -0.1) is 0 Å². The molecule has 0 bridgehead atoms. The molecule has 0 fully saturated rings. The van der Waals surface area contributed by atoms with Crippen LogP contribution in [-0.4, -0.2) is 50.0 Å². The van der Waals surface area contributed by atoms with Crippen LogP contribution < -0.4 is 4.89 Å². The summed E-state index contributed by atoms with van der Waals surface area (Å²) in [6.45, 7) is 4.64. The standard InChI is InChI=1S/C41H74NO6P/c1-6-8-10-12-14-16-18-20-21-22-23-25-27-29-31-33-35-37-41(44)48-49(45,46)47-40(38-42(3,4)5)39(43)36-34-32-30-28-26-24-19-17-15-13-11-9-7-2/h14,16,20-21,23,25,29,31,40H,6-13,15,17-19,22,24,26-28,30,32-38H2,1-5H3/b16-14-,21-20-,25-23-,31-29-. The van der Waals surface area contributed by atoms with Crippen molar-refractivity contribution in [3.8, 4) is 0 Å². The van der Waals surface area contributed by atoms with E-state index in [2.05, 4.69) is 50.3 Å². The van der Waals surface area contributed by atoms with Gasteiger partial charge in [0.05, 0.1) is 21.1 Å². The number of carbonyl (C=O) groups is 2. The van der Waals surface area contributed by atoms with Gasteiger partial charge in [0.15, 0.2) is 11.9 Å². The van der Waals surface area contributed by atoms with Gasteiger partial charge in [-0.25, -0.2) is 0 Å². The molecule has 0 saturated carbocycles. The minimum Gasteiger partial charge on any atom is -0.746 e. The van der Waals surface area contributed by atoms with Crippen LogP contribution in [0, 0.1) is 0 Å². The zero-order chi connectivity index (χ0) is 36.5. The van der Waals surface area contributed by atoms with E-state index in [9.17, 15) is 19.0 Å². The lowest BCUT2D eigenvalue weighted by molar-refractivity contribution is -0.872. The fourth-order valence-corrected chi connectivity index (χ4v) is 6.32. The number of phosphoric acid groups is 1. The summed E-state index contributed by atoms with van der Waals surface area (Å²) < 4.78 is 22.9. The molecule has 0 aromatic carbocycles. The maximum absolute atomic E-state index is 13.0. The van der Waals surface area contributed by atoms with Gasteiger partial charge in [0, 0.05) is 12.8 Å². The van der Waals surface area contributed by atoms with Crippen molar-refractivity contribution in [2.75, 3.05) is 27.7 Å². The van der Waals surface area contributed by atoms with E-state index in [0.717, 1.165) is 38.5 Å². The highest BCUT2D eigenvalue weighted by Crippen LogP contribution is 2.41. The third kappa shape index (κ3) is 34.4. The Morgan fingerprint density at radius 2 is 1.00 bits per heavy atom. The molecular formula is C41H74NO6P. The molecule has 0 rings (SSSR count). The lowest BCUT2D eigenvalue weighted by atomic mass is 10.0. The van der Waals surface area contributed by atoms with Crippen LogP contribution >= 0.6 is 7.82 Å². The van der Waals surface area contributed by atoms with Crippen LogP contribution in [0.1, 0.15) is 168 Å². The fraction of sp³-hybridized carbons (Fsp3) is 0.756. The van der Waals surface area contributed by atoms with Gasteiger partial charge >= 0.3 is 13.8 Å². The summed E-state index contributed by atoms with van der Waals surface area (Å²) in [6.07, 6.45) is 40.6. The Bertz CT molecular complexity index is 981. The molecule has 0 heterocycles. The highest BCUT2D eigenvalue weighted by molar-refractivity contribution is 7.46. The minimum atomic E-state index is -4.98. The Morgan fingerprint density at radius 3 is 1.47 bits per heavy atom. The Morgan fingerprint density at radius 1 is 0.592 bits per heavy atom. The van der Waals surface area contributed by atoms with E-state index in [1.54, 1.807) is 0 Å². The predicted molar refractivity (Wildman–Crippen MR) is 205 cm³/mol. The van der Waals surface area contributed by atoms with Crippen molar-refractivity contribution in [3.63, 3.8) is 0 Å². The lowest BCUT2D eigenvalue weighted by Gasteiger charge is -2.32. The van der Waals surface area contributed by atoms with Gasteiger partial charge in [0.25, 0.3) is 0 Å². The number of rotatable bonds is 34. The molecule has 7 nitrogen and oxygen atoms in total. The van der Waals surface area contributed by atoms with E-state index in [0.29, 0.717) is 23.7 Å². The summed E-state index contributed by atoms with van der Waals surface area (Å²) >= 11 is 0. The zero-order valence-electron chi connectivity index (χ0n) is 32.2. The lowest BCUT2D eigenvalue weighted by Crippen LogP contribution is -2.45.